The molecule has 102 valence electrons. The number of para-hydroxylation sites is 1. The molecule has 0 saturated carbocycles. The Balaban J connectivity index is 1.77. The zero-order valence-electron chi connectivity index (χ0n) is 11.2. The van der Waals surface area contributed by atoms with E-state index < -0.39 is 0 Å². The molecule has 2 amide bonds. The maximum absolute atomic E-state index is 12.4. The van der Waals surface area contributed by atoms with E-state index in [9.17, 15) is 4.79 Å². The molecule has 3 rings (SSSR count). The number of hydrogen-bond acceptors (Lipinski definition) is 2. The van der Waals surface area contributed by atoms with E-state index in [-0.39, 0.29) is 6.03 Å². The van der Waals surface area contributed by atoms with Gasteiger partial charge < -0.3 is 11.1 Å². The topological polar surface area (TPSA) is 58.4 Å². The van der Waals surface area contributed by atoms with Gasteiger partial charge in [0.15, 0.2) is 0 Å². The normalized spacial score (nSPS) is 13.2. The van der Waals surface area contributed by atoms with Gasteiger partial charge in [0.2, 0.25) is 0 Å². The second-order valence-corrected chi connectivity index (χ2v) is 4.87. The van der Waals surface area contributed by atoms with Crippen LogP contribution >= 0.6 is 0 Å². The summed E-state index contributed by atoms with van der Waals surface area (Å²) in [6, 6.07) is 15.5. The van der Waals surface area contributed by atoms with Crippen molar-refractivity contribution in [2.45, 2.75) is 13.0 Å². The predicted octanol–water partition coefficient (Wildman–Crippen LogP) is 2.74. The number of carbonyl (C=O) groups excluding carboxylic acids is 1. The zero-order valence-corrected chi connectivity index (χ0v) is 11.2. The summed E-state index contributed by atoms with van der Waals surface area (Å²) < 4.78 is 0. The van der Waals surface area contributed by atoms with E-state index >= 15 is 0 Å². The van der Waals surface area contributed by atoms with Gasteiger partial charge >= 0.3 is 6.03 Å². The van der Waals surface area contributed by atoms with Crippen molar-refractivity contribution in [1.29, 1.82) is 0 Å². The van der Waals surface area contributed by atoms with Crippen LogP contribution in [0.4, 0.5) is 16.2 Å². The summed E-state index contributed by atoms with van der Waals surface area (Å²) in [7, 11) is 0. The molecule has 0 atom stereocenters. The van der Waals surface area contributed by atoms with Gasteiger partial charge in [0.25, 0.3) is 0 Å². The summed E-state index contributed by atoms with van der Waals surface area (Å²) in [4.78, 5) is 14.1. The van der Waals surface area contributed by atoms with Gasteiger partial charge in [0.05, 0.1) is 0 Å². The van der Waals surface area contributed by atoms with Gasteiger partial charge in [-0.15, -0.1) is 0 Å². The number of nitrogens with two attached hydrogens (primary N) is 1. The van der Waals surface area contributed by atoms with E-state index in [1.807, 2.05) is 42.5 Å². The average Bonchev–Trinajstić information content (AvgIpc) is 2.91. The molecule has 0 spiro atoms. The number of carbonyl (C=O) groups is 1. The summed E-state index contributed by atoms with van der Waals surface area (Å²) in [6.07, 6.45) is 0.909. The van der Waals surface area contributed by atoms with Crippen molar-refractivity contribution in [3.8, 4) is 0 Å². The molecule has 1 aliphatic heterocycles. The van der Waals surface area contributed by atoms with Crippen LogP contribution in [0, 0.1) is 0 Å². The van der Waals surface area contributed by atoms with E-state index in [4.69, 9.17) is 5.73 Å². The minimum atomic E-state index is -0.0934. The third-order valence-corrected chi connectivity index (χ3v) is 3.55. The Labute approximate surface area is 118 Å². The van der Waals surface area contributed by atoms with Crippen LogP contribution < -0.4 is 16.0 Å². The number of hydrogen-bond donors (Lipinski definition) is 2. The maximum Gasteiger partial charge on any atom is 0.326 e. The molecule has 0 fully saturated rings. The first kappa shape index (κ1) is 12.7. The van der Waals surface area contributed by atoms with Crippen molar-refractivity contribution in [3.63, 3.8) is 0 Å². The monoisotopic (exact) mass is 267 g/mol. The standard InChI is InChI=1S/C16H17N3O/c17-11-12-4-3-6-14(10-12)18-16(20)19-9-8-13-5-1-2-7-15(13)19/h1-7,10H,8-9,11,17H2,(H,18,20). The minimum Gasteiger partial charge on any atom is -0.326 e. The zero-order chi connectivity index (χ0) is 13.9. The lowest BCUT2D eigenvalue weighted by Gasteiger charge is -2.18. The van der Waals surface area contributed by atoms with Crippen molar-refractivity contribution in [2.75, 3.05) is 16.8 Å². The van der Waals surface area contributed by atoms with Crippen LogP contribution in [0.3, 0.4) is 0 Å². The van der Waals surface area contributed by atoms with Gasteiger partial charge in [-0.2, -0.15) is 0 Å². The van der Waals surface area contributed by atoms with Gasteiger partial charge in [-0.3, -0.25) is 4.90 Å². The molecule has 3 N–H and O–H groups in total. The number of benzene rings is 2. The van der Waals surface area contributed by atoms with Crippen molar-refractivity contribution < 1.29 is 4.79 Å². The molecule has 0 bridgehead atoms. The number of nitrogens with one attached hydrogen (secondary N) is 1. The number of rotatable bonds is 2. The first-order valence-electron chi connectivity index (χ1n) is 6.73. The van der Waals surface area contributed by atoms with Crippen LogP contribution in [0.1, 0.15) is 11.1 Å². The lowest BCUT2D eigenvalue weighted by Crippen LogP contribution is -2.33. The second kappa shape index (κ2) is 5.35. The van der Waals surface area contributed by atoms with Gasteiger partial charge in [-0.25, -0.2) is 4.79 Å². The summed E-state index contributed by atoms with van der Waals surface area (Å²) in [5.74, 6) is 0. The highest BCUT2D eigenvalue weighted by Crippen LogP contribution is 2.28. The Morgan fingerprint density at radius 3 is 2.90 bits per heavy atom. The second-order valence-electron chi connectivity index (χ2n) is 4.87. The molecule has 0 radical (unpaired) electrons. The molecule has 0 unspecified atom stereocenters. The number of fused-ring (bicyclic) bond motifs is 1. The molecule has 0 aromatic heterocycles. The lowest BCUT2D eigenvalue weighted by atomic mass is 10.2. The number of nitrogens with zero attached hydrogens (tertiary/aromatic N) is 1. The van der Waals surface area contributed by atoms with Crippen molar-refractivity contribution >= 4 is 17.4 Å². The van der Waals surface area contributed by atoms with E-state index in [0.29, 0.717) is 6.54 Å². The first-order chi connectivity index (χ1) is 9.78. The van der Waals surface area contributed by atoms with Gasteiger partial charge in [-0.05, 0) is 35.7 Å². The Morgan fingerprint density at radius 1 is 1.20 bits per heavy atom. The molecule has 4 nitrogen and oxygen atoms in total. The fraction of sp³-hybridized carbons (Fsp3) is 0.188. The summed E-state index contributed by atoms with van der Waals surface area (Å²) in [5.41, 5.74) is 9.62. The number of amides is 2. The highest BCUT2D eigenvalue weighted by Gasteiger charge is 2.23. The molecule has 2 aromatic rings. The fourth-order valence-corrected chi connectivity index (χ4v) is 2.52. The lowest BCUT2D eigenvalue weighted by molar-refractivity contribution is 0.257. The van der Waals surface area contributed by atoms with Crippen LogP contribution in [0.2, 0.25) is 0 Å². The highest BCUT2D eigenvalue weighted by molar-refractivity contribution is 6.03. The minimum absolute atomic E-state index is 0.0934. The third kappa shape index (κ3) is 2.38. The Hall–Kier alpha value is -2.33. The van der Waals surface area contributed by atoms with Gasteiger partial charge in [0, 0.05) is 24.5 Å². The fourth-order valence-electron chi connectivity index (χ4n) is 2.52. The summed E-state index contributed by atoms with van der Waals surface area (Å²) >= 11 is 0. The van der Waals surface area contributed by atoms with E-state index in [1.165, 1.54) is 5.56 Å². The highest BCUT2D eigenvalue weighted by atomic mass is 16.2. The largest absolute Gasteiger partial charge is 0.326 e. The molecular weight excluding hydrogens is 250 g/mol. The molecule has 2 aromatic carbocycles. The van der Waals surface area contributed by atoms with Crippen molar-refractivity contribution in [2.24, 2.45) is 5.73 Å². The van der Waals surface area contributed by atoms with Crippen molar-refractivity contribution in [1.82, 2.24) is 0 Å². The summed E-state index contributed by atoms with van der Waals surface area (Å²) in [5, 5.41) is 2.93. The first-order valence-corrected chi connectivity index (χ1v) is 6.73. The SMILES string of the molecule is NCc1cccc(NC(=O)N2CCc3ccccc32)c1. The number of urea groups is 1. The molecule has 1 heterocycles. The molecular formula is C16H17N3O. The Morgan fingerprint density at radius 2 is 2.05 bits per heavy atom. The Kier molecular flexibility index (Phi) is 3.39. The van der Waals surface area contributed by atoms with Gasteiger partial charge in [0.1, 0.15) is 0 Å². The Bertz CT molecular complexity index is 639. The molecule has 4 heteroatoms. The quantitative estimate of drug-likeness (QED) is 0.879. The molecule has 1 aliphatic rings. The van der Waals surface area contributed by atoms with E-state index in [0.717, 1.165) is 29.9 Å². The van der Waals surface area contributed by atoms with Crippen LogP contribution in [0.5, 0.6) is 0 Å². The maximum atomic E-state index is 12.4. The van der Waals surface area contributed by atoms with E-state index in [2.05, 4.69) is 11.4 Å². The van der Waals surface area contributed by atoms with Crippen molar-refractivity contribution in [3.05, 3.63) is 59.7 Å². The van der Waals surface area contributed by atoms with Crippen LogP contribution in [0.15, 0.2) is 48.5 Å². The van der Waals surface area contributed by atoms with Gasteiger partial charge in [-0.1, -0.05) is 30.3 Å². The van der Waals surface area contributed by atoms with E-state index in [1.54, 1.807) is 4.90 Å². The summed E-state index contributed by atoms with van der Waals surface area (Å²) in [6.45, 7) is 1.19. The predicted molar refractivity (Wildman–Crippen MR) is 80.8 cm³/mol. The van der Waals surface area contributed by atoms with Crippen LogP contribution in [0.25, 0.3) is 0 Å². The molecule has 20 heavy (non-hydrogen) atoms. The average molecular weight is 267 g/mol. The molecule has 0 saturated heterocycles. The smallest absolute Gasteiger partial charge is 0.326 e. The third-order valence-electron chi connectivity index (χ3n) is 3.55. The molecule has 0 aliphatic carbocycles. The van der Waals surface area contributed by atoms with Crippen LogP contribution in [-0.2, 0) is 13.0 Å². The number of anilines is 2. The van der Waals surface area contributed by atoms with Crippen LogP contribution in [-0.4, -0.2) is 12.6 Å².